The second-order valence-corrected chi connectivity index (χ2v) is 15.0. The van der Waals surface area contributed by atoms with E-state index < -0.39 is 0 Å². The zero-order valence-corrected chi connectivity index (χ0v) is 33.4. The molecule has 0 atom stereocenters. The number of anilines is 2. The molecule has 0 aliphatic rings. The van der Waals surface area contributed by atoms with Crippen LogP contribution in [-0.2, 0) is 0 Å². The zero-order valence-electron chi connectivity index (χ0n) is 32.5. The molecule has 4 aromatic carbocycles. The van der Waals surface area contributed by atoms with E-state index in [-0.39, 0.29) is 5.92 Å². The molecule has 210 valence electrons. The third kappa shape index (κ3) is 5.49. The lowest BCUT2D eigenvalue weighted by molar-refractivity contribution is 1.01. The molecule has 4 aromatic rings. The summed E-state index contributed by atoms with van der Waals surface area (Å²) in [5, 5.41) is 0. The van der Waals surface area contributed by atoms with Gasteiger partial charge >= 0.3 is 0 Å². The van der Waals surface area contributed by atoms with Gasteiger partial charge in [0.2, 0.25) is 0 Å². The Labute approximate surface area is 301 Å². The summed E-state index contributed by atoms with van der Waals surface area (Å²) in [5.74, 6) is 0.0720. The molecule has 0 aliphatic carbocycles. The fourth-order valence-electron chi connectivity index (χ4n) is 8.26. The summed E-state index contributed by atoms with van der Waals surface area (Å²) in [5.41, 5.74) is 31.7. The lowest BCUT2D eigenvalue weighted by atomic mass is 9.53. The molecule has 0 unspecified atom stereocenters. The maximum Gasteiger partial charge on any atom is 0.141 e. The molecule has 1 nitrogen and oxygen atoms in total. The SMILES string of the molecule is Bc1c(B)c(B)c(C(c2c(B)c(B)c(B)c(B)c2B)c2c(B)c(B)c(B)c(B)c2N(C)c2c(B)c(B)c(B)c(B)c2S)c(B)c1B. The van der Waals surface area contributed by atoms with Crippen molar-refractivity contribution in [1.82, 2.24) is 0 Å². The molecule has 20 heteroatoms. The van der Waals surface area contributed by atoms with Crippen LogP contribution < -0.4 is 103 Å². The van der Waals surface area contributed by atoms with Crippen molar-refractivity contribution in [3.63, 3.8) is 0 Å². The number of nitrogens with zero attached hydrogens (tertiary/aromatic N) is 1. The Balaban J connectivity index is 2.36. The summed E-state index contributed by atoms with van der Waals surface area (Å²) in [6, 6.07) is 0. The van der Waals surface area contributed by atoms with Gasteiger partial charge in [-0.2, -0.15) is 0 Å². The lowest BCUT2D eigenvalue weighted by Gasteiger charge is -2.39. The zero-order chi connectivity index (χ0) is 35.0. The summed E-state index contributed by atoms with van der Waals surface area (Å²) in [6.45, 7) is 0. The van der Waals surface area contributed by atoms with Crippen LogP contribution in [0.4, 0.5) is 11.4 Å². The van der Waals surface area contributed by atoms with Crippen LogP contribution >= 0.6 is 12.6 Å². The first-order chi connectivity index (χ1) is 21.2. The van der Waals surface area contributed by atoms with E-state index in [0.717, 1.165) is 4.90 Å². The molecule has 0 fully saturated rings. The average Bonchev–Trinajstić information content (AvgIpc) is 3.02. The number of rotatable bonds is 5. The molecule has 46 heavy (non-hydrogen) atoms. The van der Waals surface area contributed by atoms with Gasteiger partial charge in [0, 0.05) is 29.2 Å². The van der Waals surface area contributed by atoms with Gasteiger partial charge in [0.25, 0.3) is 0 Å². The van der Waals surface area contributed by atoms with E-state index >= 15 is 0 Å². The molecule has 0 heterocycles. The minimum atomic E-state index is 0.0720. The smallest absolute Gasteiger partial charge is 0.141 e. The second kappa shape index (κ2) is 13.2. The molecule has 4 rings (SSSR count). The van der Waals surface area contributed by atoms with E-state index in [1.807, 2.05) is 0 Å². The van der Waals surface area contributed by atoms with Crippen molar-refractivity contribution in [2.45, 2.75) is 10.8 Å². The van der Waals surface area contributed by atoms with E-state index in [0.29, 0.717) is 0 Å². The summed E-state index contributed by atoms with van der Waals surface area (Å²) in [7, 11) is 44.0. The largest absolute Gasteiger partial charge is 0.344 e. The Morgan fingerprint density at radius 2 is 0.565 bits per heavy atom. The van der Waals surface area contributed by atoms with Crippen LogP contribution in [0.25, 0.3) is 0 Å². The molecule has 0 bridgehead atoms. The minimum Gasteiger partial charge on any atom is -0.344 e. The summed E-state index contributed by atoms with van der Waals surface area (Å²) < 4.78 is 0. The second-order valence-electron chi connectivity index (χ2n) is 14.5. The average molecular weight is 594 g/mol. The highest BCUT2D eigenvalue weighted by Crippen LogP contribution is 2.34. The fraction of sp³-hybridized carbons (Fsp3) is 0.0769. The Hall–Kier alpha value is -1.80. The number of hydrogen-bond acceptors (Lipinski definition) is 2. The van der Waals surface area contributed by atoms with Crippen molar-refractivity contribution < 1.29 is 0 Å². The Bertz CT molecular complexity index is 1820. The van der Waals surface area contributed by atoms with Crippen molar-refractivity contribution in [2.24, 2.45) is 0 Å². The number of hydrogen-bond donors (Lipinski definition) is 1. The van der Waals surface area contributed by atoms with Crippen molar-refractivity contribution >= 4 is 264 Å². The van der Waals surface area contributed by atoms with Gasteiger partial charge in [0.15, 0.2) is 0 Å². The van der Waals surface area contributed by atoms with Gasteiger partial charge in [-0.1, -0.05) is 54.6 Å². The third-order valence-electron chi connectivity index (χ3n) is 13.0. The van der Waals surface area contributed by atoms with Crippen LogP contribution in [-0.4, -0.2) is 148 Å². The molecular formula is C26H41B18NS. The maximum atomic E-state index is 5.22. The molecule has 0 aliphatic heterocycles. The molecule has 0 N–H and O–H groups in total. The molecule has 0 saturated heterocycles. The quantitative estimate of drug-likeness (QED) is 0.137. The van der Waals surface area contributed by atoms with Crippen LogP contribution in [0.5, 0.6) is 0 Å². The van der Waals surface area contributed by atoms with Gasteiger partial charge in [-0.3, -0.25) is 0 Å². The Kier molecular flexibility index (Phi) is 10.7. The van der Waals surface area contributed by atoms with E-state index in [9.17, 15) is 0 Å². The van der Waals surface area contributed by atoms with Gasteiger partial charge in [-0.05, 0) is 16.7 Å². The van der Waals surface area contributed by atoms with Gasteiger partial charge in [-0.15, -0.1) is 56.3 Å². The summed E-state index contributed by atoms with van der Waals surface area (Å²) in [4.78, 5) is 3.57. The van der Waals surface area contributed by atoms with Crippen molar-refractivity contribution in [2.75, 3.05) is 11.9 Å². The van der Waals surface area contributed by atoms with Crippen molar-refractivity contribution in [3.05, 3.63) is 16.7 Å². The van der Waals surface area contributed by atoms with Gasteiger partial charge in [-0.25, -0.2) is 0 Å². The van der Waals surface area contributed by atoms with Crippen LogP contribution in [0.1, 0.15) is 22.6 Å². The molecule has 0 radical (unpaired) electrons. The first-order valence-electron chi connectivity index (χ1n) is 17.0. The summed E-state index contributed by atoms with van der Waals surface area (Å²) >= 11 is 5.22. The topological polar surface area (TPSA) is 3.24 Å². The monoisotopic (exact) mass is 597 g/mol. The fourth-order valence-corrected chi connectivity index (χ4v) is 8.74. The Morgan fingerprint density at radius 1 is 0.326 bits per heavy atom. The van der Waals surface area contributed by atoms with Gasteiger partial charge < -0.3 is 4.90 Å². The van der Waals surface area contributed by atoms with Crippen LogP contribution in [0.3, 0.4) is 0 Å². The lowest BCUT2D eigenvalue weighted by Crippen LogP contribution is -2.60. The molecule has 0 amide bonds. The molecule has 0 saturated carbocycles. The summed E-state index contributed by atoms with van der Waals surface area (Å²) in [6.07, 6.45) is 0. The highest BCUT2D eigenvalue weighted by atomic mass is 32.1. The minimum absolute atomic E-state index is 0.0720. The Morgan fingerprint density at radius 3 is 0.913 bits per heavy atom. The first kappa shape index (κ1) is 37.0. The van der Waals surface area contributed by atoms with Crippen LogP contribution in [0.2, 0.25) is 0 Å². The van der Waals surface area contributed by atoms with E-state index in [1.54, 1.807) is 0 Å². The van der Waals surface area contributed by atoms with Gasteiger partial charge in [0.1, 0.15) is 141 Å². The van der Waals surface area contributed by atoms with Crippen molar-refractivity contribution in [1.29, 1.82) is 0 Å². The van der Waals surface area contributed by atoms with Crippen LogP contribution in [0, 0.1) is 0 Å². The van der Waals surface area contributed by atoms with Crippen molar-refractivity contribution in [3.8, 4) is 0 Å². The highest BCUT2D eigenvalue weighted by Gasteiger charge is 2.33. The number of benzene rings is 4. The maximum absolute atomic E-state index is 5.22. The normalized spacial score (nSPS) is 11.3. The molecular weight excluding hydrogens is 553 g/mol. The van der Waals surface area contributed by atoms with Crippen LogP contribution in [0.15, 0.2) is 4.90 Å². The highest BCUT2D eigenvalue weighted by molar-refractivity contribution is 7.80. The number of thiol groups is 1. The van der Waals surface area contributed by atoms with E-state index in [1.165, 1.54) is 126 Å². The van der Waals surface area contributed by atoms with E-state index in [4.69, 9.17) is 12.6 Å². The van der Waals surface area contributed by atoms with E-state index in [2.05, 4.69) is 153 Å². The molecule has 0 aromatic heterocycles. The first-order valence-corrected chi connectivity index (χ1v) is 17.4. The standard InChI is InChI=1S/C26H41B18NS/c1-45(25-22(43)19(40)20(41)23(44)26(25)46)24-5(10(31)15(36)18(39)21(24)42)2(3-6(27)11(32)16(37)12(33)7(3)28)4-8(29)13(34)17(38)14(35)9(4)30/h2,46H,27-44H2,1H3. The van der Waals surface area contributed by atoms with Gasteiger partial charge in [0.05, 0.1) is 0 Å². The third-order valence-corrected chi connectivity index (χ3v) is 13.5. The predicted molar refractivity (Wildman–Crippen MR) is 269 cm³/mol. The predicted octanol–water partition coefficient (Wildman–Crippen LogP) is -24.4. The molecule has 0 spiro atoms.